The fourth-order valence-corrected chi connectivity index (χ4v) is 9.33. The van der Waals surface area contributed by atoms with E-state index in [0.29, 0.717) is 0 Å². The average Bonchev–Trinajstić information content (AvgIpc) is 3.75. The SMILES string of the molecule is C=C/C(=C\C=C\N(c1ccc(-c2ccc3c(c2)c2ccccc2n3-c2ccccc2)c(C2=CC=CCC2)c1)c1ccc2c(c1)C(C)(C)c1ccccc1-2)c1ccccc1. The van der Waals surface area contributed by atoms with Crippen LogP contribution in [-0.2, 0) is 5.41 Å². The Hall–Kier alpha value is -7.16. The Morgan fingerprint density at radius 1 is 0.627 bits per heavy atom. The van der Waals surface area contributed by atoms with Crippen molar-refractivity contribution in [3.05, 3.63) is 235 Å². The lowest BCUT2D eigenvalue weighted by atomic mass is 9.82. The monoisotopic (exact) mass is 758 g/mol. The second kappa shape index (κ2) is 15.0. The topological polar surface area (TPSA) is 8.17 Å². The maximum Gasteiger partial charge on any atom is 0.0541 e. The molecule has 0 saturated carbocycles. The van der Waals surface area contributed by atoms with E-state index in [1.165, 1.54) is 72.0 Å². The summed E-state index contributed by atoms with van der Waals surface area (Å²) in [5, 5.41) is 2.51. The zero-order chi connectivity index (χ0) is 39.9. The van der Waals surface area contributed by atoms with Crippen LogP contribution < -0.4 is 4.90 Å². The van der Waals surface area contributed by atoms with Gasteiger partial charge in [0.25, 0.3) is 0 Å². The molecule has 8 aromatic rings. The first-order valence-corrected chi connectivity index (χ1v) is 20.7. The molecule has 1 aromatic heterocycles. The number of allylic oxidation sites excluding steroid dienone is 8. The molecule has 7 aromatic carbocycles. The number of para-hydroxylation sites is 2. The highest BCUT2D eigenvalue weighted by atomic mass is 15.1. The minimum absolute atomic E-state index is 0.114. The van der Waals surface area contributed by atoms with Crippen molar-refractivity contribution >= 4 is 44.3 Å². The Balaban J connectivity index is 1.13. The zero-order valence-corrected chi connectivity index (χ0v) is 33.6. The summed E-state index contributed by atoms with van der Waals surface area (Å²) in [6, 6.07) is 59.8. The molecule has 0 saturated heterocycles. The van der Waals surface area contributed by atoms with Gasteiger partial charge in [0.05, 0.1) is 11.0 Å². The number of fused-ring (bicyclic) bond motifs is 6. The second-order valence-corrected chi connectivity index (χ2v) is 16.1. The quantitative estimate of drug-likeness (QED) is 0.133. The highest BCUT2D eigenvalue weighted by Crippen LogP contribution is 2.50. The third kappa shape index (κ3) is 6.38. The van der Waals surface area contributed by atoms with Gasteiger partial charge in [0, 0.05) is 39.4 Å². The van der Waals surface area contributed by atoms with Gasteiger partial charge >= 0.3 is 0 Å². The lowest BCUT2D eigenvalue weighted by Crippen LogP contribution is -2.16. The molecule has 284 valence electrons. The number of anilines is 2. The molecule has 2 aliphatic rings. The summed E-state index contributed by atoms with van der Waals surface area (Å²) in [7, 11) is 0. The molecule has 0 unspecified atom stereocenters. The Bertz CT molecular complexity index is 3020. The number of hydrogen-bond donors (Lipinski definition) is 0. The van der Waals surface area contributed by atoms with Crippen molar-refractivity contribution < 1.29 is 0 Å². The standard InChI is InChI=1S/C57H46N2/c1-4-40(41-19-8-5-9-20-41)23-18-36-58(46-32-34-49-48-26-14-16-28-53(48)57(2,3)54(49)39-46)45-31-33-47(51(38-45)42-21-10-6-11-22-42)43-30-35-56-52(37-43)50-27-15-17-29-55(50)59(56)44-24-12-7-13-25-44/h4-10,12-21,23-39H,1,11,22H2,2-3H3/b36-18+,40-23+. The van der Waals surface area contributed by atoms with Crippen molar-refractivity contribution in [1.29, 1.82) is 0 Å². The number of aromatic nitrogens is 1. The summed E-state index contributed by atoms with van der Waals surface area (Å²) in [6.45, 7) is 8.86. The van der Waals surface area contributed by atoms with Crippen molar-refractivity contribution in [3.8, 4) is 27.9 Å². The molecule has 0 atom stereocenters. The van der Waals surface area contributed by atoms with Crippen LogP contribution in [0.15, 0.2) is 213 Å². The lowest BCUT2D eigenvalue weighted by molar-refractivity contribution is 0.660. The van der Waals surface area contributed by atoms with Gasteiger partial charge in [-0.15, -0.1) is 0 Å². The molecule has 0 N–H and O–H groups in total. The normalized spacial score (nSPS) is 14.4. The number of rotatable bonds is 9. The average molecular weight is 759 g/mol. The van der Waals surface area contributed by atoms with Crippen molar-refractivity contribution in [2.75, 3.05) is 4.90 Å². The van der Waals surface area contributed by atoms with E-state index in [0.717, 1.165) is 35.4 Å². The zero-order valence-electron chi connectivity index (χ0n) is 33.6. The maximum absolute atomic E-state index is 4.15. The van der Waals surface area contributed by atoms with Gasteiger partial charge < -0.3 is 9.47 Å². The van der Waals surface area contributed by atoms with Crippen LogP contribution in [0.2, 0.25) is 0 Å². The third-order valence-electron chi connectivity index (χ3n) is 12.3. The highest BCUT2D eigenvalue weighted by molar-refractivity contribution is 6.10. The van der Waals surface area contributed by atoms with Gasteiger partial charge in [0.2, 0.25) is 0 Å². The highest BCUT2D eigenvalue weighted by Gasteiger charge is 2.35. The van der Waals surface area contributed by atoms with Crippen LogP contribution in [0.5, 0.6) is 0 Å². The van der Waals surface area contributed by atoms with Crippen molar-refractivity contribution in [2.24, 2.45) is 0 Å². The van der Waals surface area contributed by atoms with Crippen LogP contribution in [-0.4, -0.2) is 4.57 Å². The summed E-state index contributed by atoms with van der Waals surface area (Å²) in [5.74, 6) is 0. The molecule has 2 nitrogen and oxygen atoms in total. The predicted molar refractivity (Wildman–Crippen MR) is 252 cm³/mol. The minimum atomic E-state index is -0.114. The molecule has 10 rings (SSSR count). The molecule has 2 heteroatoms. The lowest BCUT2D eigenvalue weighted by Gasteiger charge is -2.26. The molecule has 0 radical (unpaired) electrons. The van der Waals surface area contributed by atoms with Crippen molar-refractivity contribution in [3.63, 3.8) is 0 Å². The largest absolute Gasteiger partial charge is 0.317 e. The Morgan fingerprint density at radius 3 is 2.12 bits per heavy atom. The van der Waals surface area contributed by atoms with Gasteiger partial charge in [-0.3, -0.25) is 0 Å². The molecular weight excluding hydrogens is 713 g/mol. The summed E-state index contributed by atoms with van der Waals surface area (Å²) in [5.41, 5.74) is 18.4. The third-order valence-corrected chi connectivity index (χ3v) is 12.3. The Kier molecular flexibility index (Phi) is 9.19. The van der Waals surface area contributed by atoms with E-state index in [-0.39, 0.29) is 5.41 Å². The molecule has 0 amide bonds. The fourth-order valence-electron chi connectivity index (χ4n) is 9.33. The van der Waals surface area contributed by atoms with E-state index in [1.54, 1.807) is 0 Å². The molecule has 59 heavy (non-hydrogen) atoms. The first-order chi connectivity index (χ1) is 29.0. The summed E-state index contributed by atoms with van der Waals surface area (Å²) >= 11 is 0. The molecule has 1 heterocycles. The van der Waals surface area contributed by atoms with Crippen LogP contribution in [0.25, 0.3) is 60.9 Å². The van der Waals surface area contributed by atoms with Gasteiger partial charge in [-0.25, -0.2) is 0 Å². The molecule has 0 spiro atoms. The number of hydrogen-bond acceptors (Lipinski definition) is 1. The van der Waals surface area contributed by atoms with Crippen LogP contribution in [0.3, 0.4) is 0 Å². The molecule has 0 bridgehead atoms. The van der Waals surface area contributed by atoms with E-state index in [9.17, 15) is 0 Å². The number of benzene rings is 7. The summed E-state index contributed by atoms with van der Waals surface area (Å²) in [6.07, 6.45) is 17.3. The van der Waals surface area contributed by atoms with Crippen LogP contribution in [0, 0.1) is 0 Å². The fraction of sp³-hybridized carbons (Fsp3) is 0.0877. The molecule has 2 aliphatic carbocycles. The van der Waals surface area contributed by atoms with Gasteiger partial charge in [-0.1, -0.05) is 160 Å². The first-order valence-electron chi connectivity index (χ1n) is 20.7. The van der Waals surface area contributed by atoms with Gasteiger partial charge in [0.1, 0.15) is 0 Å². The van der Waals surface area contributed by atoms with Crippen LogP contribution in [0.1, 0.15) is 48.9 Å². The molecular formula is C57H46N2. The minimum Gasteiger partial charge on any atom is -0.317 e. The predicted octanol–water partition coefficient (Wildman–Crippen LogP) is 15.4. The van der Waals surface area contributed by atoms with E-state index < -0.39 is 0 Å². The van der Waals surface area contributed by atoms with Gasteiger partial charge in [-0.05, 0) is 129 Å². The van der Waals surface area contributed by atoms with Gasteiger partial charge in [-0.2, -0.15) is 0 Å². The summed E-state index contributed by atoms with van der Waals surface area (Å²) < 4.78 is 2.39. The Morgan fingerprint density at radius 2 is 1.32 bits per heavy atom. The first kappa shape index (κ1) is 36.2. The molecule has 0 aliphatic heterocycles. The molecule has 0 fully saturated rings. The Labute approximate surface area is 347 Å². The van der Waals surface area contributed by atoms with E-state index in [2.05, 4.69) is 230 Å². The smallest absolute Gasteiger partial charge is 0.0541 e. The van der Waals surface area contributed by atoms with Gasteiger partial charge in [0.15, 0.2) is 0 Å². The van der Waals surface area contributed by atoms with Crippen LogP contribution >= 0.6 is 0 Å². The van der Waals surface area contributed by atoms with E-state index in [1.807, 2.05) is 6.08 Å². The van der Waals surface area contributed by atoms with Crippen molar-refractivity contribution in [2.45, 2.75) is 32.1 Å². The van der Waals surface area contributed by atoms with E-state index >= 15 is 0 Å². The summed E-state index contributed by atoms with van der Waals surface area (Å²) in [4.78, 5) is 2.35. The van der Waals surface area contributed by atoms with Crippen LogP contribution in [0.4, 0.5) is 11.4 Å². The van der Waals surface area contributed by atoms with E-state index in [4.69, 9.17) is 0 Å². The number of nitrogens with zero attached hydrogens (tertiary/aromatic N) is 2. The second-order valence-electron chi connectivity index (χ2n) is 16.1. The maximum atomic E-state index is 4.15. The van der Waals surface area contributed by atoms with Crippen molar-refractivity contribution in [1.82, 2.24) is 4.57 Å².